The van der Waals surface area contributed by atoms with Gasteiger partial charge in [0.2, 0.25) is 5.91 Å². The summed E-state index contributed by atoms with van der Waals surface area (Å²) in [4.78, 5) is 15.9. The van der Waals surface area contributed by atoms with Crippen LogP contribution in [-0.4, -0.2) is 37.5 Å². The lowest BCUT2D eigenvalue weighted by molar-refractivity contribution is -0.118. The van der Waals surface area contributed by atoms with E-state index >= 15 is 0 Å². The van der Waals surface area contributed by atoms with Gasteiger partial charge in [0.05, 0.1) is 0 Å². The van der Waals surface area contributed by atoms with Gasteiger partial charge >= 0.3 is 0 Å². The molecule has 0 aliphatic carbocycles. The number of unbranched alkanes of at least 4 members (excludes halogenated alkanes) is 1. The second-order valence-electron chi connectivity index (χ2n) is 5.89. The molecule has 134 valence electrons. The first-order valence-electron chi connectivity index (χ1n) is 8.40. The van der Waals surface area contributed by atoms with Gasteiger partial charge in [0.25, 0.3) is 0 Å². The van der Waals surface area contributed by atoms with Crippen molar-refractivity contribution in [1.82, 2.24) is 10.6 Å². The lowest BCUT2D eigenvalue weighted by atomic mass is 10.1. The van der Waals surface area contributed by atoms with Crippen molar-refractivity contribution in [1.29, 1.82) is 0 Å². The van der Waals surface area contributed by atoms with Crippen molar-refractivity contribution in [3.63, 3.8) is 0 Å². The highest BCUT2D eigenvalue weighted by molar-refractivity contribution is 7.98. The summed E-state index contributed by atoms with van der Waals surface area (Å²) in [5.41, 5.74) is 1.97. The summed E-state index contributed by atoms with van der Waals surface area (Å²) in [5, 5.41) is 9.51. The van der Waals surface area contributed by atoms with E-state index < -0.39 is 0 Å². The largest absolute Gasteiger partial charge is 0.356 e. The van der Waals surface area contributed by atoms with E-state index in [0.717, 1.165) is 30.2 Å². The van der Waals surface area contributed by atoms with Gasteiger partial charge in [0.1, 0.15) is 0 Å². The van der Waals surface area contributed by atoms with Crippen LogP contribution in [0.1, 0.15) is 32.3 Å². The Kier molecular flexibility index (Phi) is 10.00. The predicted molar refractivity (Wildman–Crippen MR) is 106 cm³/mol. The maximum atomic E-state index is 11.7. The van der Waals surface area contributed by atoms with Gasteiger partial charge in [-0.3, -0.25) is 9.79 Å². The molecule has 1 aromatic rings. The Morgan fingerprint density at radius 3 is 2.46 bits per heavy atom. The number of rotatable bonds is 9. The molecule has 0 unspecified atom stereocenters. The summed E-state index contributed by atoms with van der Waals surface area (Å²) < 4.78 is 0. The van der Waals surface area contributed by atoms with Crippen LogP contribution < -0.4 is 16.0 Å². The Labute approximate surface area is 150 Å². The van der Waals surface area contributed by atoms with Crippen LogP contribution in [0.3, 0.4) is 0 Å². The number of anilines is 1. The molecule has 6 heteroatoms. The summed E-state index contributed by atoms with van der Waals surface area (Å²) >= 11 is 1.88. The Hall–Kier alpha value is -1.69. The van der Waals surface area contributed by atoms with Crippen molar-refractivity contribution in [3.05, 3.63) is 29.8 Å². The molecular formula is C18H30N4OS. The lowest BCUT2D eigenvalue weighted by Gasteiger charge is -2.12. The highest BCUT2D eigenvalue weighted by Crippen LogP contribution is 2.10. The van der Waals surface area contributed by atoms with E-state index in [1.807, 2.05) is 49.9 Å². The summed E-state index contributed by atoms with van der Waals surface area (Å²) in [6.45, 7) is 5.39. The monoisotopic (exact) mass is 350 g/mol. The average Bonchev–Trinajstić information content (AvgIpc) is 2.58. The molecule has 0 atom stereocenters. The molecule has 0 spiro atoms. The van der Waals surface area contributed by atoms with Crippen LogP contribution in [0.2, 0.25) is 0 Å². The van der Waals surface area contributed by atoms with Crippen LogP contribution in [0.4, 0.5) is 5.69 Å². The van der Waals surface area contributed by atoms with Gasteiger partial charge in [-0.2, -0.15) is 11.8 Å². The minimum atomic E-state index is -0.0170. The molecule has 0 heterocycles. The van der Waals surface area contributed by atoms with Crippen molar-refractivity contribution in [2.45, 2.75) is 33.2 Å². The topological polar surface area (TPSA) is 65.5 Å². The second-order valence-corrected chi connectivity index (χ2v) is 6.88. The summed E-state index contributed by atoms with van der Waals surface area (Å²) in [6.07, 6.45) is 4.49. The van der Waals surface area contributed by atoms with Crippen molar-refractivity contribution in [2.24, 2.45) is 10.9 Å². The van der Waals surface area contributed by atoms with Crippen LogP contribution in [0.15, 0.2) is 29.3 Å². The number of benzene rings is 1. The minimum absolute atomic E-state index is 0.0170. The third kappa shape index (κ3) is 8.24. The summed E-state index contributed by atoms with van der Waals surface area (Å²) in [7, 11) is 1.78. The molecule has 1 amide bonds. The molecule has 0 bridgehead atoms. The molecule has 0 saturated carbocycles. The zero-order valence-electron chi connectivity index (χ0n) is 15.2. The van der Waals surface area contributed by atoms with Gasteiger partial charge < -0.3 is 16.0 Å². The predicted octanol–water partition coefficient (Wildman–Crippen LogP) is 3.09. The molecule has 3 N–H and O–H groups in total. The number of hydrogen-bond donors (Lipinski definition) is 3. The molecule has 0 aromatic heterocycles. The number of guanidine groups is 1. The van der Waals surface area contributed by atoms with Crippen LogP contribution in [0.5, 0.6) is 0 Å². The lowest BCUT2D eigenvalue weighted by Crippen LogP contribution is -2.37. The molecule has 0 fully saturated rings. The zero-order chi connectivity index (χ0) is 17.8. The Morgan fingerprint density at radius 2 is 1.88 bits per heavy atom. The molecule has 1 rings (SSSR count). The third-order valence-electron chi connectivity index (χ3n) is 3.50. The number of nitrogens with one attached hydrogen (secondary N) is 3. The van der Waals surface area contributed by atoms with E-state index in [4.69, 9.17) is 0 Å². The van der Waals surface area contributed by atoms with Crippen LogP contribution in [0.25, 0.3) is 0 Å². The number of aliphatic imine (C=N–C) groups is 1. The highest BCUT2D eigenvalue weighted by Gasteiger charge is 2.06. The van der Waals surface area contributed by atoms with E-state index in [9.17, 15) is 4.79 Å². The van der Waals surface area contributed by atoms with Crippen LogP contribution >= 0.6 is 11.8 Å². The average molecular weight is 351 g/mol. The summed E-state index contributed by atoms with van der Waals surface area (Å²) in [5.74, 6) is 2.04. The number of nitrogens with zero attached hydrogens (tertiary/aromatic N) is 1. The highest BCUT2D eigenvalue weighted by atomic mass is 32.2. The van der Waals surface area contributed by atoms with Gasteiger partial charge in [-0.15, -0.1) is 0 Å². The molecule has 0 radical (unpaired) electrons. The third-order valence-corrected chi connectivity index (χ3v) is 4.19. The Morgan fingerprint density at radius 1 is 1.17 bits per heavy atom. The standard InChI is InChI=1S/C18H30N4OS/c1-14(2)17(23)22-16-9-7-15(8-10-16)13-21-18(19-3)20-11-5-6-12-24-4/h7-10,14H,5-6,11-13H2,1-4H3,(H,22,23)(H2,19,20,21). The SMILES string of the molecule is CN=C(NCCCCSC)NCc1ccc(NC(=O)C(C)C)cc1. The molecule has 0 aliphatic heterocycles. The number of thioether (sulfide) groups is 1. The maximum absolute atomic E-state index is 11.7. The van der Waals surface area contributed by atoms with Crippen molar-refractivity contribution >= 4 is 29.3 Å². The first kappa shape index (κ1) is 20.4. The fourth-order valence-electron chi connectivity index (χ4n) is 1.98. The molecule has 5 nitrogen and oxygen atoms in total. The van der Waals surface area contributed by atoms with E-state index in [1.54, 1.807) is 7.05 Å². The van der Waals surface area contributed by atoms with Crippen molar-refractivity contribution < 1.29 is 4.79 Å². The van der Waals surface area contributed by atoms with Crippen LogP contribution in [-0.2, 0) is 11.3 Å². The van der Waals surface area contributed by atoms with Gasteiger partial charge in [-0.05, 0) is 42.5 Å². The maximum Gasteiger partial charge on any atom is 0.226 e. The van der Waals surface area contributed by atoms with E-state index in [-0.39, 0.29) is 11.8 Å². The fourth-order valence-corrected chi connectivity index (χ4v) is 2.47. The smallest absolute Gasteiger partial charge is 0.226 e. The summed E-state index contributed by atoms with van der Waals surface area (Å²) in [6, 6.07) is 7.87. The normalized spacial score (nSPS) is 11.5. The molecule has 0 saturated heterocycles. The van der Waals surface area contributed by atoms with E-state index in [1.165, 1.54) is 12.2 Å². The van der Waals surface area contributed by atoms with E-state index in [0.29, 0.717) is 6.54 Å². The molecule has 24 heavy (non-hydrogen) atoms. The molecule has 1 aromatic carbocycles. The first-order chi connectivity index (χ1) is 11.6. The van der Waals surface area contributed by atoms with E-state index in [2.05, 4.69) is 27.2 Å². The Bertz CT molecular complexity index is 514. The van der Waals surface area contributed by atoms with Gasteiger partial charge in [0, 0.05) is 31.7 Å². The number of amides is 1. The van der Waals surface area contributed by atoms with Crippen molar-refractivity contribution in [3.8, 4) is 0 Å². The number of hydrogen-bond acceptors (Lipinski definition) is 3. The first-order valence-corrected chi connectivity index (χ1v) is 9.79. The Balaban J connectivity index is 2.36. The van der Waals surface area contributed by atoms with Gasteiger partial charge in [0.15, 0.2) is 5.96 Å². The quantitative estimate of drug-likeness (QED) is 0.364. The van der Waals surface area contributed by atoms with Crippen LogP contribution in [0, 0.1) is 5.92 Å². The molecule has 0 aliphatic rings. The zero-order valence-corrected chi connectivity index (χ0v) is 16.0. The van der Waals surface area contributed by atoms with Crippen molar-refractivity contribution in [2.75, 3.05) is 30.9 Å². The van der Waals surface area contributed by atoms with Gasteiger partial charge in [-0.25, -0.2) is 0 Å². The number of carbonyl (C=O) groups excluding carboxylic acids is 1. The number of carbonyl (C=O) groups is 1. The second kappa shape index (κ2) is 11.8. The van der Waals surface area contributed by atoms with Gasteiger partial charge in [-0.1, -0.05) is 26.0 Å². The minimum Gasteiger partial charge on any atom is -0.356 e. The molecular weight excluding hydrogens is 320 g/mol. The fraction of sp³-hybridized carbons (Fsp3) is 0.556.